The van der Waals surface area contributed by atoms with Gasteiger partial charge in [-0.05, 0) is 25.0 Å². The van der Waals surface area contributed by atoms with E-state index in [2.05, 4.69) is 6.92 Å². The third kappa shape index (κ3) is 4.04. The van der Waals surface area contributed by atoms with Crippen molar-refractivity contribution in [3.63, 3.8) is 0 Å². The lowest BCUT2D eigenvalue weighted by Gasteiger charge is -2.13. The van der Waals surface area contributed by atoms with Crippen LogP contribution in [0.1, 0.15) is 35.7 Å². The van der Waals surface area contributed by atoms with E-state index in [1.807, 2.05) is 13.0 Å². The molecule has 0 spiro atoms. The second-order valence-electron chi connectivity index (χ2n) is 4.02. The summed E-state index contributed by atoms with van der Waals surface area (Å²) in [5.41, 5.74) is 1.37. The van der Waals surface area contributed by atoms with Gasteiger partial charge in [0.15, 0.2) is 13.1 Å². The Balaban J connectivity index is 2.86. The average Bonchev–Trinajstić information content (AvgIpc) is 2.36. The van der Waals surface area contributed by atoms with Gasteiger partial charge in [-0.25, -0.2) is 0 Å². The monoisotopic (exact) mass is 252 g/mol. The molecule has 1 aromatic rings. The number of hydrogen-bond donors (Lipinski definition) is 0. The van der Waals surface area contributed by atoms with Crippen molar-refractivity contribution in [2.75, 3.05) is 20.5 Å². The highest BCUT2D eigenvalue weighted by molar-refractivity contribution is 5.82. The zero-order valence-electron chi connectivity index (χ0n) is 11.2. The van der Waals surface area contributed by atoms with Gasteiger partial charge in [0.2, 0.25) is 0 Å². The number of carbonyl (C=O) groups is 1. The van der Waals surface area contributed by atoms with E-state index in [0.717, 1.165) is 30.4 Å². The number of methoxy groups -OCH3 is 1. The van der Waals surface area contributed by atoms with Crippen LogP contribution in [-0.2, 0) is 4.74 Å². The molecule has 0 atom stereocenters. The minimum Gasteiger partial charge on any atom is -0.493 e. The first-order chi connectivity index (χ1) is 8.72. The van der Waals surface area contributed by atoms with Gasteiger partial charge in [-0.2, -0.15) is 0 Å². The van der Waals surface area contributed by atoms with Crippen LogP contribution in [0.3, 0.4) is 0 Å². The molecule has 0 aliphatic rings. The predicted octanol–water partition coefficient (Wildman–Crippen LogP) is 2.97. The molecular formula is C14H20O4. The quantitative estimate of drug-likeness (QED) is 0.405. The molecule has 0 aliphatic carbocycles. The molecule has 0 saturated heterocycles. The summed E-state index contributed by atoms with van der Waals surface area (Å²) in [6.45, 7) is 4.74. The molecule has 0 unspecified atom stereocenters. The Bertz CT molecular complexity index is 388. The van der Waals surface area contributed by atoms with Crippen molar-refractivity contribution in [1.82, 2.24) is 0 Å². The van der Waals surface area contributed by atoms with Crippen LogP contribution in [0.5, 0.6) is 11.5 Å². The normalized spacial score (nSPS) is 10.2. The summed E-state index contributed by atoms with van der Waals surface area (Å²) in [5, 5.41) is 0. The third-order valence-electron chi connectivity index (χ3n) is 2.54. The van der Waals surface area contributed by atoms with Crippen molar-refractivity contribution in [3.05, 3.63) is 23.3 Å². The van der Waals surface area contributed by atoms with Crippen LogP contribution in [0, 0.1) is 6.92 Å². The summed E-state index contributed by atoms with van der Waals surface area (Å²) in [4.78, 5) is 11.0. The number of carbonyl (C=O) groups excluding carboxylic acids is 1. The van der Waals surface area contributed by atoms with Crippen molar-refractivity contribution in [3.8, 4) is 11.5 Å². The molecule has 100 valence electrons. The van der Waals surface area contributed by atoms with E-state index in [1.54, 1.807) is 6.07 Å². The molecule has 0 N–H and O–H groups in total. The van der Waals surface area contributed by atoms with Gasteiger partial charge in [0, 0.05) is 13.2 Å². The minimum atomic E-state index is 0.110. The van der Waals surface area contributed by atoms with Gasteiger partial charge in [-0.15, -0.1) is 0 Å². The van der Waals surface area contributed by atoms with Crippen molar-refractivity contribution in [2.45, 2.75) is 26.7 Å². The number of benzene rings is 1. The van der Waals surface area contributed by atoms with Crippen LogP contribution in [0.4, 0.5) is 0 Å². The van der Waals surface area contributed by atoms with Crippen LogP contribution in [-0.4, -0.2) is 26.8 Å². The first-order valence-electron chi connectivity index (χ1n) is 6.07. The highest BCUT2D eigenvalue weighted by Crippen LogP contribution is 2.27. The van der Waals surface area contributed by atoms with Crippen molar-refractivity contribution >= 4 is 6.29 Å². The van der Waals surface area contributed by atoms with E-state index >= 15 is 0 Å². The molecule has 1 aromatic carbocycles. The van der Waals surface area contributed by atoms with Gasteiger partial charge >= 0.3 is 0 Å². The molecule has 18 heavy (non-hydrogen) atoms. The number of aryl methyl sites for hydroxylation is 1. The fourth-order valence-electron chi connectivity index (χ4n) is 1.54. The predicted molar refractivity (Wildman–Crippen MR) is 69.5 cm³/mol. The minimum absolute atomic E-state index is 0.110. The molecule has 0 fully saturated rings. The lowest BCUT2D eigenvalue weighted by molar-refractivity contribution is 0.0503. The Morgan fingerprint density at radius 3 is 2.67 bits per heavy atom. The number of ether oxygens (including phenoxy) is 3. The maximum absolute atomic E-state index is 11.0. The van der Waals surface area contributed by atoms with Gasteiger partial charge in [0.25, 0.3) is 0 Å². The second-order valence-corrected chi connectivity index (χ2v) is 4.02. The van der Waals surface area contributed by atoms with Crippen LogP contribution in [0.2, 0.25) is 0 Å². The molecular weight excluding hydrogens is 232 g/mol. The number of hydrogen-bond acceptors (Lipinski definition) is 4. The van der Waals surface area contributed by atoms with E-state index in [9.17, 15) is 4.79 Å². The van der Waals surface area contributed by atoms with Crippen LogP contribution >= 0.6 is 0 Å². The third-order valence-corrected chi connectivity index (χ3v) is 2.54. The molecule has 0 heterocycles. The average molecular weight is 252 g/mol. The number of unbranched alkanes of at least 4 members (excludes halogenated alkanes) is 1. The number of rotatable bonds is 8. The fourth-order valence-corrected chi connectivity index (χ4v) is 1.54. The Hall–Kier alpha value is -1.55. The SMILES string of the molecule is CCCCOc1cc(C)c(C=O)c(OCOC)c1. The molecule has 0 saturated carbocycles. The molecule has 0 amide bonds. The van der Waals surface area contributed by atoms with Gasteiger partial charge < -0.3 is 14.2 Å². The first kappa shape index (κ1) is 14.5. The lowest BCUT2D eigenvalue weighted by atomic mass is 10.1. The smallest absolute Gasteiger partial charge is 0.188 e. The topological polar surface area (TPSA) is 44.8 Å². The summed E-state index contributed by atoms with van der Waals surface area (Å²) in [7, 11) is 1.54. The summed E-state index contributed by atoms with van der Waals surface area (Å²) in [6.07, 6.45) is 2.87. The Labute approximate surface area is 108 Å². The summed E-state index contributed by atoms with van der Waals surface area (Å²) in [5.74, 6) is 1.22. The van der Waals surface area contributed by atoms with E-state index in [-0.39, 0.29) is 6.79 Å². The van der Waals surface area contributed by atoms with Crippen LogP contribution < -0.4 is 9.47 Å². The molecule has 0 bridgehead atoms. The fraction of sp³-hybridized carbons (Fsp3) is 0.500. The molecule has 1 rings (SSSR count). The van der Waals surface area contributed by atoms with Crippen LogP contribution in [0.15, 0.2) is 12.1 Å². The van der Waals surface area contributed by atoms with Crippen molar-refractivity contribution in [1.29, 1.82) is 0 Å². The summed E-state index contributed by atoms with van der Waals surface area (Å²) >= 11 is 0. The van der Waals surface area contributed by atoms with Gasteiger partial charge in [0.1, 0.15) is 11.5 Å². The Morgan fingerprint density at radius 1 is 1.28 bits per heavy atom. The second kappa shape index (κ2) is 7.71. The first-order valence-corrected chi connectivity index (χ1v) is 6.07. The molecule has 0 aromatic heterocycles. The molecule has 4 nitrogen and oxygen atoms in total. The molecule has 0 radical (unpaired) electrons. The Morgan fingerprint density at radius 2 is 2.06 bits per heavy atom. The zero-order valence-corrected chi connectivity index (χ0v) is 11.2. The van der Waals surface area contributed by atoms with E-state index in [0.29, 0.717) is 17.9 Å². The van der Waals surface area contributed by atoms with Gasteiger partial charge in [-0.3, -0.25) is 4.79 Å². The molecule has 4 heteroatoms. The summed E-state index contributed by atoms with van der Waals surface area (Å²) in [6, 6.07) is 3.57. The maximum Gasteiger partial charge on any atom is 0.188 e. The molecule has 0 aliphatic heterocycles. The van der Waals surface area contributed by atoms with E-state index in [4.69, 9.17) is 14.2 Å². The van der Waals surface area contributed by atoms with Gasteiger partial charge in [-0.1, -0.05) is 13.3 Å². The number of aldehydes is 1. The van der Waals surface area contributed by atoms with E-state index in [1.165, 1.54) is 7.11 Å². The highest BCUT2D eigenvalue weighted by atomic mass is 16.7. The lowest BCUT2D eigenvalue weighted by Crippen LogP contribution is -2.04. The van der Waals surface area contributed by atoms with E-state index < -0.39 is 0 Å². The van der Waals surface area contributed by atoms with Gasteiger partial charge in [0.05, 0.1) is 12.2 Å². The highest BCUT2D eigenvalue weighted by Gasteiger charge is 2.09. The maximum atomic E-state index is 11.0. The van der Waals surface area contributed by atoms with Crippen LogP contribution in [0.25, 0.3) is 0 Å². The Kier molecular flexibility index (Phi) is 6.22. The standard InChI is InChI=1S/C14H20O4/c1-4-5-6-17-12-7-11(2)13(9-15)14(8-12)18-10-16-3/h7-9H,4-6,10H2,1-3H3. The van der Waals surface area contributed by atoms with Crippen molar-refractivity contribution < 1.29 is 19.0 Å². The largest absolute Gasteiger partial charge is 0.493 e. The summed E-state index contributed by atoms with van der Waals surface area (Å²) < 4.78 is 15.8. The zero-order chi connectivity index (χ0) is 13.4. The van der Waals surface area contributed by atoms with Crippen molar-refractivity contribution in [2.24, 2.45) is 0 Å².